The smallest absolute Gasteiger partial charge is 0.411 e. The molecule has 2 saturated heterocycles. The molecule has 0 aromatic heterocycles. The fourth-order valence-corrected chi connectivity index (χ4v) is 4.66. The van der Waals surface area contributed by atoms with Crippen molar-refractivity contribution in [3.8, 4) is 0 Å². The van der Waals surface area contributed by atoms with Crippen LogP contribution in [-0.4, -0.2) is 92.9 Å². The summed E-state index contributed by atoms with van der Waals surface area (Å²) < 4.78 is 11.3. The average molecular weight is 453 g/mol. The van der Waals surface area contributed by atoms with Crippen molar-refractivity contribution in [3.63, 3.8) is 0 Å². The van der Waals surface area contributed by atoms with Crippen LogP contribution in [0, 0.1) is 0 Å². The number of nitrogens with one attached hydrogen (secondary N) is 1. The van der Waals surface area contributed by atoms with Crippen LogP contribution in [-0.2, 0) is 15.1 Å². The summed E-state index contributed by atoms with van der Waals surface area (Å²) in [6.45, 7) is 4.04. The minimum atomic E-state index is -0.973. The number of cyclic esters (lactones) is 1. The number of nitrogens with zero attached hydrogens (tertiary/aromatic N) is 3. The van der Waals surface area contributed by atoms with Gasteiger partial charge in [-0.25, -0.2) is 9.59 Å². The number of methoxy groups -OCH3 is 1. The lowest BCUT2D eigenvalue weighted by molar-refractivity contribution is 0.0511. The van der Waals surface area contributed by atoms with Crippen LogP contribution in [0.2, 0.25) is 0 Å². The van der Waals surface area contributed by atoms with Crippen molar-refractivity contribution in [3.05, 3.63) is 71.8 Å². The number of hydrogen-bond acceptors (Lipinski definition) is 5. The Morgan fingerprint density at radius 3 is 2.33 bits per heavy atom. The second kappa shape index (κ2) is 10.2. The molecule has 0 radical (unpaired) electrons. The van der Waals surface area contributed by atoms with Crippen LogP contribution in [0.5, 0.6) is 0 Å². The maximum atomic E-state index is 13.0. The van der Waals surface area contributed by atoms with Gasteiger partial charge in [0.05, 0.1) is 6.61 Å². The first kappa shape index (κ1) is 23.1. The molecule has 0 bridgehead atoms. The molecule has 176 valence electrons. The second-order valence-corrected chi connectivity index (χ2v) is 8.52. The van der Waals surface area contributed by atoms with Gasteiger partial charge in [0.1, 0.15) is 6.04 Å². The van der Waals surface area contributed by atoms with E-state index < -0.39 is 5.60 Å². The lowest BCUT2D eigenvalue weighted by atomic mass is 9.79. The lowest BCUT2D eigenvalue weighted by Crippen LogP contribution is -2.60. The fraction of sp³-hybridized carbons (Fsp3) is 0.440. The first-order valence-electron chi connectivity index (χ1n) is 11.4. The van der Waals surface area contributed by atoms with Crippen LogP contribution >= 0.6 is 0 Å². The molecule has 8 nitrogen and oxygen atoms in total. The Kier molecular flexibility index (Phi) is 7.15. The highest BCUT2D eigenvalue weighted by Gasteiger charge is 2.58. The zero-order chi connectivity index (χ0) is 23.3. The highest BCUT2D eigenvalue weighted by Crippen LogP contribution is 2.45. The van der Waals surface area contributed by atoms with E-state index >= 15 is 0 Å². The first-order chi connectivity index (χ1) is 16.1. The van der Waals surface area contributed by atoms with E-state index in [-0.39, 0.29) is 18.2 Å². The minimum absolute atomic E-state index is 0.121. The van der Waals surface area contributed by atoms with Crippen molar-refractivity contribution in [2.75, 3.05) is 60.0 Å². The van der Waals surface area contributed by atoms with E-state index in [4.69, 9.17) is 9.47 Å². The van der Waals surface area contributed by atoms with E-state index in [9.17, 15) is 9.59 Å². The zero-order valence-electron chi connectivity index (χ0n) is 19.3. The third kappa shape index (κ3) is 4.67. The summed E-state index contributed by atoms with van der Waals surface area (Å²) in [5.41, 5.74) is 0.831. The van der Waals surface area contributed by atoms with Crippen LogP contribution in [0.1, 0.15) is 11.1 Å². The maximum Gasteiger partial charge on any atom is 0.411 e. The molecule has 1 atom stereocenters. The average Bonchev–Trinajstić information content (AvgIpc) is 3.16. The molecule has 2 fully saturated rings. The molecular formula is C25H32N4O4. The van der Waals surface area contributed by atoms with Crippen molar-refractivity contribution in [2.24, 2.45) is 0 Å². The fourth-order valence-electron chi connectivity index (χ4n) is 4.66. The molecule has 4 rings (SSSR count). The molecule has 8 heteroatoms. The van der Waals surface area contributed by atoms with Crippen molar-refractivity contribution in [1.29, 1.82) is 0 Å². The standard InChI is InChI=1S/C25H32N4O4/c1-27(17-18-32-2)14-13-26-23(30)28-15-16-29-22(19-28)25(33-24(29)31,20-9-5-3-6-10-20)21-11-7-4-8-12-21/h3-12,22H,13-19H2,1-2H3,(H,26,30). The van der Waals surface area contributed by atoms with Gasteiger partial charge in [-0.1, -0.05) is 60.7 Å². The number of urea groups is 1. The molecule has 2 aromatic rings. The normalized spacial score (nSPS) is 19.4. The third-order valence-corrected chi connectivity index (χ3v) is 6.47. The van der Waals surface area contributed by atoms with Crippen molar-refractivity contribution >= 4 is 12.1 Å². The zero-order valence-corrected chi connectivity index (χ0v) is 19.3. The summed E-state index contributed by atoms with van der Waals surface area (Å²) >= 11 is 0. The number of benzene rings is 2. The van der Waals surface area contributed by atoms with Gasteiger partial charge >= 0.3 is 12.1 Å². The second-order valence-electron chi connectivity index (χ2n) is 8.52. The van der Waals surface area contributed by atoms with E-state index in [1.165, 1.54) is 0 Å². The summed E-state index contributed by atoms with van der Waals surface area (Å²) in [5, 5.41) is 3.02. The topological polar surface area (TPSA) is 74.4 Å². The molecule has 3 amide bonds. The number of carbonyl (C=O) groups excluding carboxylic acids is 2. The van der Waals surface area contributed by atoms with Crippen LogP contribution < -0.4 is 5.32 Å². The Hall–Kier alpha value is -3.10. The van der Waals surface area contributed by atoms with E-state index in [1.807, 2.05) is 67.7 Å². The quantitative estimate of drug-likeness (QED) is 0.666. The summed E-state index contributed by atoms with van der Waals surface area (Å²) in [4.78, 5) is 31.6. The SMILES string of the molecule is COCCN(C)CCNC(=O)N1CCN2C(=O)OC(c3ccccc3)(c3ccccc3)C2C1. The Bertz CT molecular complexity index is 900. The summed E-state index contributed by atoms with van der Waals surface area (Å²) in [6, 6.07) is 19.2. The number of hydrogen-bond donors (Lipinski definition) is 1. The Labute approximate surface area is 195 Å². The van der Waals surface area contributed by atoms with Gasteiger partial charge in [0.15, 0.2) is 5.60 Å². The van der Waals surface area contributed by atoms with E-state index in [2.05, 4.69) is 10.2 Å². The molecular weight excluding hydrogens is 420 g/mol. The van der Waals surface area contributed by atoms with Crippen LogP contribution in [0.15, 0.2) is 60.7 Å². The Morgan fingerprint density at radius 1 is 1.09 bits per heavy atom. The van der Waals surface area contributed by atoms with Gasteiger partial charge in [0.2, 0.25) is 0 Å². The van der Waals surface area contributed by atoms with Crippen LogP contribution in [0.3, 0.4) is 0 Å². The van der Waals surface area contributed by atoms with E-state index in [0.717, 1.165) is 24.2 Å². The predicted octanol–water partition coefficient (Wildman–Crippen LogP) is 2.35. The van der Waals surface area contributed by atoms with Gasteiger partial charge in [-0.05, 0) is 7.05 Å². The molecule has 2 heterocycles. The number of amides is 3. The highest BCUT2D eigenvalue weighted by atomic mass is 16.6. The number of fused-ring (bicyclic) bond motifs is 1. The number of ether oxygens (including phenoxy) is 2. The largest absolute Gasteiger partial charge is 0.431 e. The minimum Gasteiger partial charge on any atom is -0.431 e. The van der Waals surface area contributed by atoms with E-state index in [1.54, 1.807) is 16.9 Å². The van der Waals surface area contributed by atoms with Gasteiger partial charge in [0.25, 0.3) is 0 Å². The first-order valence-corrected chi connectivity index (χ1v) is 11.4. The van der Waals surface area contributed by atoms with Gasteiger partial charge in [-0.3, -0.25) is 4.90 Å². The molecule has 0 saturated carbocycles. The lowest BCUT2D eigenvalue weighted by Gasteiger charge is -2.42. The Balaban J connectivity index is 1.53. The number of likely N-dealkylation sites (N-methyl/N-ethyl adjacent to an activating group) is 1. The van der Waals surface area contributed by atoms with Crippen molar-refractivity contribution < 1.29 is 19.1 Å². The maximum absolute atomic E-state index is 13.0. The van der Waals surface area contributed by atoms with Crippen molar-refractivity contribution in [1.82, 2.24) is 20.0 Å². The summed E-state index contributed by atoms with van der Waals surface area (Å²) in [7, 11) is 3.68. The molecule has 33 heavy (non-hydrogen) atoms. The molecule has 2 aliphatic rings. The molecule has 2 aromatic carbocycles. The number of rotatable bonds is 8. The number of piperazine rings is 1. The van der Waals surface area contributed by atoms with Gasteiger partial charge in [-0.2, -0.15) is 0 Å². The Morgan fingerprint density at radius 2 is 1.73 bits per heavy atom. The van der Waals surface area contributed by atoms with Gasteiger partial charge < -0.3 is 24.6 Å². The van der Waals surface area contributed by atoms with Crippen molar-refractivity contribution in [2.45, 2.75) is 11.6 Å². The van der Waals surface area contributed by atoms with Crippen LogP contribution in [0.25, 0.3) is 0 Å². The van der Waals surface area contributed by atoms with Gasteiger partial charge in [-0.15, -0.1) is 0 Å². The molecule has 2 aliphatic heterocycles. The van der Waals surface area contributed by atoms with E-state index in [0.29, 0.717) is 32.8 Å². The van der Waals surface area contributed by atoms with Crippen LogP contribution in [0.4, 0.5) is 9.59 Å². The molecule has 0 aliphatic carbocycles. The summed E-state index contributed by atoms with van der Waals surface area (Å²) in [6.07, 6.45) is -0.340. The third-order valence-electron chi connectivity index (χ3n) is 6.47. The molecule has 1 N–H and O–H groups in total. The van der Waals surface area contributed by atoms with Gasteiger partial charge in [0, 0.05) is 57.5 Å². The predicted molar refractivity (Wildman–Crippen MR) is 125 cm³/mol. The number of carbonyl (C=O) groups is 2. The summed E-state index contributed by atoms with van der Waals surface area (Å²) in [5.74, 6) is 0. The highest BCUT2D eigenvalue weighted by molar-refractivity contribution is 5.77. The molecule has 1 unspecified atom stereocenters. The monoisotopic (exact) mass is 452 g/mol. The molecule has 0 spiro atoms.